The highest BCUT2D eigenvalue weighted by molar-refractivity contribution is 6.33. The van der Waals surface area contributed by atoms with Crippen LogP contribution in [0.15, 0.2) is 18.2 Å². The number of urea groups is 1. The van der Waals surface area contributed by atoms with E-state index in [4.69, 9.17) is 16.7 Å². The van der Waals surface area contributed by atoms with E-state index in [-0.39, 0.29) is 29.5 Å². The van der Waals surface area contributed by atoms with Gasteiger partial charge in [0.05, 0.1) is 22.2 Å². The van der Waals surface area contributed by atoms with Crippen LogP contribution in [0.5, 0.6) is 0 Å². The number of nitro benzene ring substituents is 1. The Morgan fingerprint density at radius 3 is 2.74 bits per heavy atom. The maximum Gasteiger partial charge on any atom is 0.321 e. The first kappa shape index (κ1) is 15.2. The highest BCUT2D eigenvalue weighted by Gasteiger charge is 2.14. The molecule has 0 aliphatic heterocycles. The first-order chi connectivity index (χ1) is 8.99. The SMILES string of the molecule is CCN(CCO)C(=O)Nc1ccc([N+](=O)[O-])cc1Cl. The molecule has 0 spiro atoms. The van der Waals surface area contributed by atoms with E-state index in [2.05, 4.69) is 5.32 Å². The third-order valence-electron chi connectivity index (χ3n) is 2.44. The van der Waals surface area contributed by atoms with Crippen LogP contribution in [0.2, 0.25) is 5.02 Å². The zero-order chi connectivity index (χ0) is 14.4. The molecule has 8 heteroatoms. The Labute approximate surface area is 114 Å². The van der Waals surface area contributed by atoms with Crippen molar-refractivity contribution in [1.82, 2.24) is 4.90 Å². The number of hydrogen-bond donors (Lipinski definition) is 2. The third kappa shape index (κ3) is 4.08. The van der Waals surface area contributed by atoms with E-state index in [1.807, 2.05) is 0 Å². The van der Waals surface area contributed by atoms with Gasteiger partial charge in [-0.2, -0.15) is 0 Å². The quantitative estimate of drug-likeness (QED) is 0.640. The van der Waals surface area contributed by atoms with Crippen LogP contribution >= 0.6 is 11.6 Å². The monoisotopic (exact) mass is 287 g/mol. The van der Waals surface area contributed by atoms with E-state index >= 15 is 0 Å². The normalized spacial score (nSPS) is 10.1. The van der Waals surface area contributed by atoms with Crippen molar-refractivity contribution in [3.8, 4) is 0 Å². The number of nitrogens with zero attached hydrogens (tertiary/aromatic N) is 2. The lowest BCUT2D eigenvalue weighted by molar-refractivity contribution is -0.384. The summed E-state index contributed by atoms with van der Waals surface area (Å²) in [6, 6.07) is 3.36. The third-order valence-corrected chi connectivity index (χ3v) is 2.76. The van der Waals surface area contributed by atoms with Gasteiger partial charge in [-0.15, -0.1) is 0 Å². The van der Waals surface area contributed by atoms with Gasteiger partial charge in [0.15, 0.2) is 0 Å². The van der Waals surface area contributed by atoms with Crippen LogP contribution in [-0.4, -0.2) is 40.7 Å². The van der Waals surface area contributed by atoms with Gasteiger partial charge in [-0.05, 0) is 13.0 Å². The largest absolute Gasteiger partial charge is 0.395 e. The lowest BCUT2D eigenvalue weighted by Gasteiger charge is -2.20. The van der Waals surface area contributed by atoms with E-state index in [9.17, 15) is 14.9 Å². The van der Waals surface area contributed by atoms with Crippen molar-refractivity contribution < 1.29 is 14.8 Å². The molecule has 1 aromatic carbocycles. The Balaban J connectivity index is 2.82. The Kier molecular flexibility index (Phi) is 5.53. The zero-order valence-electron chi connectivity index (χ0n) is 10.3. The number of benzene rings is 1. The van der Waals surface area contributed by atoms with E-state index in [1.165, 1.54) is 23.1 Å². The molecule has 2 N–H and O–H groups in total. The van der Waals surface area contributed by atoms with Gasteiger partial charge in [-0.3, -0.25) is 10.1 Å². The fraction of sp³-hybridized carbons (Fsp3) is 0.364. The van der Waals surface area contributed by atoms with Crippen molar-refractivity contribution in [3.05, 3.63) is 33.3 Å². The minimum atomic E-state index is -0.568. The number of nitrogens with one attached hydrogen (secondary N) is 1. The van der Waals surface area contributed by atoms with Crippen LogP contribution in [0.1, 0.15) is 6.92 Å². The van der Waals surface area contributed by atoms with Gasteiger partial charge < -0.3 is 15.3 Å². The lowest BCUT2D eigenvalue weighted by atomic mass is 10.3. The Hall–Kier alpha value is -1.86. The van der Waals surface area contributed by atoms with Crippen LogP contribution in [0.3, 0.4) is 0 Å². The molecule has 0 aromatic heterocycles. The zero-order valence-corrected chi connectivity index (χ0v) is 11.1. The molecule has 0 unspecified atom stereocenters. The van der Waals surface area contributed by atoms with Gasteiger partial charge in [-0.1, -0.05) is 11.6 Å². The molecule has 0 fully saturated rings. The van der Waals surface area contributed by atoms with Crippen LogP contribution in [0.4, 0.5) is 16.2 Å². The molecule has 0 aliphatic rings. The molecule has 0 bridgehead atoms. The van der Waals surface area contributed by atoms with E-state index in [0.29, 0.717) is 6.54 Å². The number of non-ortho nitro benzene ring substituents is 1. The Morgan fingerprint density at radius 1 is 1.58 bits per heavy atom. The van der Waals surface area contributed by atoms with Crippen molar-refractivity contribution in [1.29, 1.82) is 0 Å². The summed E-state index contributed by atoms with van der Waals surface area (Å²) < 4.78 is 0. The smallest absolute Gasteiger partial charge is 0.321 e. The van der Waals surface area contributed by atoms with E-state index in [0.717, 1.165) is 0 Å². The molecular weight excluding hydrogens is 274 g/mol. The second kappa shape index (κ2) is 6.91. The molecule has 7 nitrogen and oxygen atoms in total. The van der Waals surface area contributed by atoms with Gasteiger partial charge in [-0.25, -0.2) is 4.79 Å². The first-order valence-corrected chi connectivity index (χ1v) is 5.98. The van der Waals surface area contributed by atoms with Crippen molar-refractivity contribution >= 4 is 29.0 Å². The summed E-state index contributed by atoms with van der Waals surface area (Å²) in [5.41, 5.74) is 0.138. The number of rotatable bonds is 5. The van der Waals surface area contributed by atoms with Crippen LogP contribution in [0, 0.1) is 10.1 Å². The van der Waals surface area contributed by atoms with Gasteiger partial charge in [0.1, 0.15) is 0 Å². The van der Waals surface area contributed by atoms with Gasteiger partial charge in [0.25, 0.3) is 5.69 Å². The number of halogens is 1. The maximum absolute atomic E-state index is 11.8. The van der Waals surface area contributed by atoms with E-state index < -0.39 is 11.0 Å². The molecular formula is C11H14ClN3O4. The molecule has 0 radical (unpaired) electrons. The summed E-state index contributed by atoms with van der Waals surface area (Å²) in [6.45, 7) is 2.26. The topological polar surface area (TPSA) is 95.7 Å². The van der Waals surface area contributed by atoms with Crippen LogP contribution < -0.4 is 5.32 Å². The maximum atomic E-state index is 11.8. The molecule has 0 saturated heterocycles. The molecule has 2 amide bonds. The molecule has 0 saturated carbocycles. The summed E-state index contributed by atoms with van der Waals surface area (Å²) in [5.74, 6) is 0. The number of likely N-dealkylation sites (N-methyl/N-ethyl adjacent to an activating group) is 1. The number of hydrogen-bond acceptors (Lipinski definition) is 4. The minimum absolute atomic E-state index is 0.0857. The van der Waals surface area contributed by atoms with Crippen molar-refractivity contribution in [2.24, 2.45) is 0 Å². The number of carbonyl (C=O) groups excluding carboxylic acids is 1. The molecule has 1 rings (SSSR count). The highest BCUT2D eigenvalue weighted by atomic mass is 35.5. The minimum Gasteiger partial charge on any atom is -0.395 e. The van der Waals surface area contributed by atoms with Crippen molar-refractivity contribution in [2.75, 3.05) is 25.0 Å². The fourth-order valence-electron chi connectivity index (χ4n) is 1.44. The molecule has 0 aliphatic carbocycles. The Bertz CT molecular complexity index is 481. The summed E-state index contributed by atoms with van der Waals surface area (Å²) in [4.78, 5) is 23.2. The number of amides is 2. The van der Waals surface area contributed by atoms with Crippen LogP contribution in [0.25, 0.3) is 0 Å². The summed E-state index contributed by atoms with van der Waals surface area (Å²) >= 11 is 5.86. The highest BCUT2D eigenvalue weighted by Crippen LogP contribution is 2.26. The predicted octanol–water partition coefficient (Wildman–Crippen LogP) is 2.09. The average Bonchev–Trinajstić information content (AvgIpc) is 2.37. The summed E-state index contributed by atoms with van der Waals surface area (Å²) in [5, 5.41) is 22.0. The molecule has 104 valence electrons. The second-order valence-electron chi connectivity index (χ2n) is 3.65. The average molecular weight is 288 g/mol. The number of aliphatic hydroxyl groups excluding tert-OH is 1. The number of aliphatic hydroxyl groups is 1. The van der Waals surface area contributed by atoms with Crippen LogP contribution in [-0.2, 0) is 0 Å². The van der Waals surface area contributed by atoms with E-state index in [1.54, 1.807) is 6.92 Å². The lowest BCUT2D eigenvalue weighted by Crippen LogP contribution is -2.36. The fourth-order valence-corrected chi connectivity index (χ4v) is 1.66. The summed E-state index contributed by atoms with van der Waals surface area (Å²) in [7, 11) is 0. The number of anilines is 1. The number of carbonyl (C=O) groups is 1. The first-order valence-electron chi connectivity index (χ1n) is 5.60. The second-order valence-corrected chi connectivity index (χ2v) is 4.06. The van der Waals surface area contributed by atoms with Crippen molar-refractivity contribution in [2.45, 2.75) is 6.92 Å². The predicted molar refractivity (Wildman–Crippen MR) is 71.5 cm³/mol. The molecule has 19 heavy (non-hydrogen) atoms. The van der Waals surface area contributed by atoms with Crippen molar-refractivity contribution in [3.63, 3.8) is 0 Å². The standard InChI is InChI=1S/C11H14ClN3O4/c1-2-14(5-6-16)11(17)13-10-4-3-8(15(18)19)7-9(10)12/h3-4,7,16H,2,5-6H2,1H3,(H,13,17). The molecule has 1 aromatic rings. The van der Waals surface area contributed by atoms with Gasteiger partial charge in [0.2, 0.25) is 0 Å². The molecule has 0 atom stereocenters. The number of nitro groups is 1. The Morgan fingerprint density at radius 2 is 2.26 bits per heavy atom. The van der Waals surface area contributed by atoms with Gasteiger partial charge in [0, 0.05) is 25.2 Å². The summed E-state index contributed by atoms with van der Waals surface area (Å²) in [6.07, 6.45) is 0. The van der Waals surface area contributed by atoms with Gasteiger partial charge >= 0.3 is 6.03 Å². The molecule has 0 heterocycles.